The number of ether oxygens (including phenoxy) is 4. The zero-order valence-corrected chi connectivity index (χ0v) is 16.5. The molecule has 2 aromatic carbocycles. The number of carbonyl (C=O) groups is 1. The Labute approximate surface area is 172 Å². The lowest BCUT2D eigenvalue weighted by Crippen LogP contribution is -2.33. The Balaban J connectivity index is 1.43. The molecule has 0 spiro atoms. The number of nitrogens with one attached hydrogen (secondary N) is 1. The van der Waals surface area contributed by atoms with Crippen molar-refractivity contribution in [1.29, 1.82) is 0 Å². The zero-order valence-electron chi connectivity index (χ0n) is 16.5. The largest absolute Gasteiger partial charge is 0.497 e. The molecular weight excluding hydrogens is 403 g/mol. The van der Waals surface area contributed by atoms with Crippen LogP contribution >= 0.6 is 0 Å². The second kappa shape index (κ2) is 9.99. The van der Waals surface area contributed by atoms with Gasteiger partial charge in [0.05, 0.1) is 20.3 Å². The van der Waals surface area contributed by atoms with Crippen LogP contribution in [-0.2, 0) is 14.2 Å². The molecule has 1 aliphatic heterocycles. The van der Waals surface area contributed by atoms with E-state index in [1.807, 2.05) is 30.3 Å². The maximum atomic E-state index is 12.0. The highest BCUT2D eigenvalue weighted by molar-refractivity contribution is 5.87. The number of halogens is 3. The van der Waals surface area contributed by atoms with Crippen molar-refractivity contribution in [1.82, 2.24) is 5.32 Å². The number of methoxy groups -OCH3 is 1. The van der Waals surface area contributed by atoms with Crippen LogP contribution in [0.5, 0.6) is 5.75 Å². The third-order valence-electron chi connectivity index (χ3n) is 4.78. The van der Waals surface area contributed by atoms with Crippen molar-refractivity contribution in [3.8, 4) is 5.75 Å². The van der Waals surface area contributed by atoms with E-state index >= 15 is 0 Å². The van der Waals surface area contributed by atoms with Gasteiger partial charge in [-0.2, -0.15) is 13.2 Å². The van der Waals surface area contributed by atoms with Crippen LogP contribution in [0.1, 0.15) is 24.3 Å². The maximum Gasteiger partial charge on any atom is 0.422 e. The Morgan fingerprint density at radius 1 is 1.20 bits per heavy atom. The van der Waals surface area contributed by atoms with E-state index in [2.05, 4.69) is 16.1 Å². The standard InChI is InChI=1S/C21H24F3NO5/c1-27-16-8-7-14-4-2-5-17(18(14)10-16)15-11-28-19(29-12-15)6-3-9-25-20(26)30-13-21(22,23)24/h2,4-5,7-8,10,15,19H,3,6,9,11-13H2,1H3,(H,25,26)/t15-,19-. The Morgan fingerprint density at radius 2 is 1.97 bits per heavy atom. The van der Waals surface area contributed by atoms with E-state index in [9.17, 15) is 18.0 Å². The van der Waals surface area contributed by atoms with Crippen LogP contribution in [-0.4, -0.2) is 52.0 Å². The molecule has 0 saturated carbocycles. The summed E-state index contributed by atoms with van der Waals surface area (Å²) < 4.78 is 56.9. The first-order valence-corrected chi connectivity index (χ1v) is 9.63. The average Bonchev–Trinajstić information content (AvgIpc) is 2.74. The van der Waals surface area contributed by atoms with Crippen LogP contribution in [0.4, 0.5) is 18.0 Å². The number of fused-ring (bicyclic) bond motifs is 1. The monoisotopic (exact) mass is 427 g/mol. The van der Waals surface area contributed by atoms with Crippen LogP contribution < -0.4 is 10.1 Å². The number of rotatable bonds is 7. The Kier molecular flexibility index (Phi) is 7.38. The number of carbonyl (C=O) groups excluding carboxylic acids is 1. The van der Waals surface area contributed by atoms with Gasteiger partial charge in [-0.25, -0.2) is 4.79 Å². The fourth-order valence-electron chi connectivity index (χ4n) is 3.31. The topological polar surface area (TPSA) is 66.0 Å². The molecule has 0 bridgehead atoms. The van der Waals surface area contributed by atoms with Crippen molar-refractivity contribution < 1.29 is 36.9 Å². The zero-order chi connectivity index (χ0) is 21.6. The van der Waals surface area contributed by atoms with Gasteiger partial charge in [0.25, 0.3) is 0 Å². The molecule has 6 nitrogen and oxygen atoms in total. The summed E-state index contributed by atoms with van der Waals surface area (Å²) in [6, 6.07) is 12.0. The molecule has 1 N–H and O–H groups in total. The first kappa shape index (κ1) is 22.2. The van der Waals surface area contributed by atoms with Gasteiger partial charge in [-0.1, -0.05) is 24.3 Å². The molecule has 30 heavy (non-hydrogen) atoms. The van der Waals surface area contributed by atoms with Gasteiger partial charge in [-0.05, 0) is 34.9 Å². The van der Waals surface area contributed by atoms with Crippen molar-refractivity contribution in [3.05, 3.63) is 42.0 Å². The Hall–Kier alpha value is -2.52. The highest BCUT2D eigenvalue weighted by Crippen LogP contribution is 2.31. The second-order valence-corrected chi connectivity index (χ2v) is 6.99. The van der Waals surface area contributed by atoms with Crippen LogP contribution in [0.15, 0.2) is 36.4 Å². The van der Waals surface area contributed by atoms with E-state index in [1.54, 1.807) is 7.11 Å². The number of benzene rings is 2. The molecule has 1 saturated heterocycles. The van der Waals surface area contributed by atoms with E-state index in [4.69, 9.17) is 14.2 Å². The minimum atomic E-state index is -4.53. The summed E-state index contributed by atoms with van der Waals surface area (Å²) in [6.45, 7) is -0.453. The molecule has 0 aliphatic carbocycles. The molecule has 0 atom stereocenters. The minimum Gasteiger partial charge on any atom is -0.497 e. The third kappa shape index (κ3) is 6.24. The van der Waals surface area contributed by atoms with Gasteiger partial charge in [-0.3, -0.25) is 0 Å². The van der Waals surface area contributed by atoms with Gasteiger partial charge in [-0.15, -0.1) is 0 Å². The van der Waals surface area contributed by atoms with Crippen LogP contribution in [0.3, 0.4) is 0 Å². The molecule has 1 amide bonds. The normalized spacial score (nSPS) is 19.5. The smallest absolute Gasteiger partial charge is 0.422 e. The molecule has 0 aromatic heterocycles. The number of hydrogen-bond donors (Lipinski definition) is 1. The molecular formula is C21H24F3NO5. The number of amides is 1. The van der Waals surface area contributed by atoms with Gasteiger partial charge < -0.3 is 24.3 Å². The summed E-state index contributed by atoms with van der Waals surface area (Å²) >= 11 is 0. The van der Waals surface area contributed by atoms with Crippen molar-refractivity contribution in [2.75, 3.05) is 33.5 Å². The number of hydrogen-bond acceptors (Lipinski definition) is 5. The quantitative estimate of drug-likeness (QED) is 0.665. The molecule has 0 unspecified atom stereocenters. The number of alkyl carbamates (subject to hydrolysis) is 1. The van der Waals surface area contributed by atoms with Crippen molar-refractivity contribution in [2.24, 2.45) is 0 Å². The summed E-state index contributed by atoms with van der Waals surface area (Å²) in [6.07, 6.45) is -5.05. The summed E-state index contributed by atoms with van der Waals surface area (Å²) in [4.78, 5) is 11.2. The first-order chi connectivity index (χ1) is 14.4. The lowest BCUT2D eigenvalue weighted by Gasteiger charge is -2.30. The summed E-state index contributed by atoms with van der Waals surface area (Å²) in [5.41, 5.74) is 1.12. The SMILES string of the molecule is COc1ccc2cccc([C@H]3CO[C@H](CCCNC(=O)OCC(F)(F)F)OC3)c2c1. The van der Waals surface area contributed by atoms with Gasteiger partial charge in [0, 0.05) is 18.9 Å². The summed E-state index contributed by atoms with van der Waals surface area (Å²) in [5.74, 6) is 0.860. The molecule has 3 rings (SSSR count). The lowest BCUT2D eigenvalue weighted by molar-refractivity contribution is -0.189. The second-order valence-electron chi connectivity index (χ2n) is 6.99. The Morgan fingerprint density at radius 3 is 2.67 bits per heavy atom. The Bertz CT molecular complexity index is 850. The van der Waals surface area contributed by atoms with Gasteiger partial charge in [0.1, 0.15) is 5.75 Å². The fourth-order valence-corrected chi connectivity index (χ4v) is 3.31. The fraction of sp³-hybridized carbons (Fsp3) is 0.476. The van der Waals surface area contributed by atoms with Crippen molar-refractivity contribution >= 4 is 16.9 Å². The van der Waals surface area contributed by atoms with Gasteiger partial charge in [0.2, 0.25) is 0 Å². The van der Waals surface area contributed by atoms with E-state index in [0.29, 0.717) is 26.1 Å². The van der Waals surface area contributed by atoms with E-state index in [1.165, 1.54) is 0 Å². The maximum absolute atomic E-state index is 12.0. The number of alkyl halides is 3. The first-order valence-electron chi connectivity index (χ1n) is 9.63. The molecule has 164 valence electrons. The lowest BCUT2D eigenvalue weighted by atomic mass is 9.94. The summed E-state index contributed by atoms with van der Waals surface area (Å²) in [5, 5.41) is 4.48. The highest BCUT2D eigenvalue weighted by Gasteiger charge is 2.29. The van der Waals surface area contributed by atoms with Crippen molar-refractivity contribution in [3.63, 3.8) is 0 Å². The molecule has 1 aliphatic rings. The van der Waals surface area contributed by atoms with Crippen molar-refractivity contribution in [2.45, 2.75) is 31.2 Å². The molecule has 1 heterocycles. The van der Waals surface area contributed by atoms with Crippen LogP contribution in [0, 0.1) is 0 Å². The van der Waals surface area contributed by atoms with E-state index < -0.39 is 25.2 Å². The molecule has 9 heteroatoms. The van der Waals surface area contributed by atoms with Gasteiger partial charge >= 0.3 is 12.3 Å². The predicted octanol–water partition coefficient (Wildman–Crippen LogP) is 4.37. The predicted molar refractivity (Wildman–Crippen MR) is 104 cm³/mol. The minimum absolute atomic E-state index is 0.0764. The molecule has 0 radical (unpaired) electrons. The van der Waals surface area contributed by atoms with Crippen LogP contribution in [0.2, 0.25) is 0 Å². The molecule has 1 fully saturated rings. The molecule has 2 aromatic rings. The average molecular weight is 427 g/mol. The van der Waals surface area contributed by atoms with Crippen LogP contribution in [0.25, 0.3) is 10.8 Å². The van der Waals surface area contributed by atoms with E-state index in [0.717, 1.165) is 22.1 Å². The summed E-state index contributed by atoms with van der Waals surface area (Å²) in [7, 11) is 1.63. The third-order valence-corrected chi connectivity index (χ3v) is 4.78. The highest BCUT2D eigenvalue weighted by atomic mass is 19.4. The van der Waals surface area contributed by atoms with Gasteiger partial charge in [0.15, 0.2) is 12.9 Å². The van der Waals surface area contributed by atoms with E-state index in [-0.39, 0.29) is 12.5 Å².